The first-order valence-electron chi connectivity index (χ1n) is 7.59. The Bertz CT molecular complexity index is 583. The predicted octanol–water partition coefficient (Wildman–Crippen LogP) is 3.10. The van der Waals surface area contributed by atoms with E-state index in [1.54, 1.807) is 0 Å². The van der Waals surface area contributed by atoms with E-state index in [1.807, 2.05) is 23.3 Å². The molecule has 0 radical (unpaired) electrons. The molecule has 1 aromatic heterocycles. The van der Waals surface area contributed by atoms with Gasteiger partial charge in [-0.2, -0.15) is 0 Å². The monoisotopic (exact) mass is 267 g/mol. The van der Waals surface area contributed by atoms with E-state index in [4.69, 9.17) is 0 Å². The van der Waals surface area contributed by atoms with E-state index < -0.39 is 0 Å². The van der Waals surface area contributed by atoms with Crippen molar-refractivity contribution < 1.29 is 0 Å². The molecule has 2 aliphatic rings. The Hall–Kier alpha value is -1.61. The molecule has 0 amide bonds. The molecule has 4 rings (SSSR count). The van der Waals surface area contributed by atoms with Crippen molar-refractivity contribution >= 4 is 0 Å². The van der Waals surface area contributed by atoms with Crippen LogP contribution in [0.1, 0.15) is 25.3 Å². The van der Waals surface area contributed by atoms with Gasteiger partial charge in [0.15, 0.2) is 0 Å². The van der Waals surface area contributed by atoms with Gasteiger partial charge in [-0.1, -0.05) is 19.1 Å². The largest absolute Gasteiger partial charge is 0.306 e. The van der Waals surface area contributed by atoms with E-state index in [-0.39, 0.29) is 0 Å². The lowest BCUT2D eigenvalue weighted by molar-refractivity contribution is 0.270. The van der Waals surface area contributed by atoms with E-state index >= 15 is 0 Å². The average Bonchev–Trinajstić information content (AvgIpc) is 2.87. The minimum atomic E-state index is 0.691. The normalized spacial score (nSPS) is 28.6. The van der Waals surface area contributed by atoms with Gasteiger partial charge in [0.25, 0.3) is 0 Å². The van der Waals surface area contributed by atoms with Crippen molar-refractivity contribution in [2.24, 2.45) is 11.3 Å². The molecule has 2 aromatic rings. The van der Waals surface area contributed by atoms with Crippen molar-refractivity contribution in [3.8, 4) is 5.69 Å². The molecular weight excluding hydrogens is 246 g/mol. The van der Waals surface area contributed by atoms with Gasteiger partial charge in [0.1, 0.15) is 0 Å². The number of benzene rings is 1. The van der Waals surface area contributed by atoms with E-state index in [0.29, 0.717) is 5.41 Å². The Kier molecular flexibility index (Phi) is 2.71. The number of nitrogens with zero attached hydrogens (tertiary/aromatic N) is 3. The highest BCUT2D eigenvalue weighted by Gasteiger charge is 2.57. The SMILES string of the molecule is CCC12CC1CN(Cc1ccc(-n3ccnc3)cc1)C2. The average molecular weight is 267 g/mol. The zero-order chi connectivity index (χ0) is 13.6. The molecule has 2 heterocycles. The minimum absolute atomic E-state index is 0.691. The summed E-state index contributed by atoms with van der Waals surface area (Å²) in [5.74, 6) is 0.984. The van der Waals surface area contributed by atoms with Crippen molar-refractivity contribution in [3.05, 3.63) is 48.5 Å². The number of aromatic nitrogens is 2. The van der Waals surface area contributed by atoms with Crippen LogP contribution in [0.5, 0.6) is 0 Å². The van der Waals surface area contributed by atoms with Crippen molar-refractivity contribution in [3.63, 3.8) is 0 Å². The molecule has 2 unspecified atom stereocenters. The third kappa shape index (κ3) is 1.97. The van der Waals surface area contributed by atoms with Crippen LogP contribution in [-0.2, 0) is 6.54 Å². The Balaban J connectivity index is 1.43. The van der Waals surface area contributed by atoms with Crippen LogP contribution in [0.3, 0.4) is 0 Å². The molecule has 104 valence electrons. The molecule has 1 aliphatic heterocycles. The summed E-state index contributed by atoms with van der Waals surface area (Å²) < 4.78 is 2.04. The fraction of sp³-hybridized carbons (Fsp3) is 0.471. The highest BCUT2D eigenvalue weighted by molar-refractivity contribution is 5.34. The van der Waals surface area contributed by atoms with Crippen molar-refractivity contribution in [1.82, 2.24) is 14.5 Å². The fourth-order valence-corrected chi connectivity index (χ4v) is 3.81. The van der Waals surface area contributed by atoms with Crippen LogP contribution in [0.2, 0.25) is 0 Å². The first-order chi connectivity index (χ1) is 9.79. The molecule has 0 N–H and O–H groups in total. The Morgan fingerprint density at radius 1 is 1.30 bits per heavy atom. The van der Waals surface area contributed by atoms with Crippen LogP contribution in [0.25, 0.3) is 5.69 Å². The first-order valence-corrected chi connectivity index (χ1v) is 7.59. The number of piperidine rings is 1. The lowest BCUT2D eigenvalue weighted by Gasteiger charge is -2.20. The molecule has 0 bridgehead atoms. The second-order valence-corrected chi connectivity index (χ2v) is 6.42. The summed E-state index contributed by atoms with van der Waals surface area (Å²) in [7, 11) is 0. The van der Waals surface area contributed by atoms with Crippen LogP contribution in [0.4, 0.5) is 0 Å². The highest BCUT2D eigenvalue weighted by atomic mass is 15.2. The lowest BCUT2D eigenvalue weighted by Crippen LogP contribution is -2.24. The summed E-state index contributed by atoms with van der Waals surface area (Å²) >= 11 is 0. The van der Waals surface area contributed by atoms with Gasteiger partial charge in [0.05, 0.1) is 6.33 Å². The van der Waals surface area contributed by atoms with Gasteiger partial charge in [0, 0.05) is 37.7 Å². The summed E-state index contributed by atoms with van der Waals surface area (Å²) in [6.45, 7) is 6.06. The van der Waals surface area contributed by atoms with E-state index in [0.717, 1.165) is 12.5 Å². The molecule has 1 saturated carbocycles. The molecule has 0 spiro atoms. The van der Waals surface area contributed by atoms with E-state index in [9.17, 15) is 0 Å². The number of likely N-dealkylation sites (tertiary alicyclic amines) is 1. The van der Waals surface area contributed by atoms with Crippen molar-refractivity contribution in [2.75, 3.05) is 13.1 Å². The van der Waals surface area contributed by atoms with Gasteiger partial charge in [0.2, 0.25) is 0 Å². The van der Waals surface area contributed by atoms with Gasteiger partial charge in [-0.3, -0.25) is 4.90 Å². The molecule has 1 aliphatic carbocycles. The van der Waals surface area contributed by atoms with Gasteiger partial charge < -0.3 is 4.57 Å². The van der Waals surface area contributed by atoms with Gasteiger partial charge in [-0.05, 0) is 41.9 Å². The second kappa shape index (κ2) is 4.45. The van der Waals surface area contributed by atoms with Crippen LogP contribution in [0.15, 0.2) is 43.0 Å². The molecule has 3 heteroatoms. The maximum Gasteiger partial charge on any atom is 0.0991 e. The summed E-state index contributed by atoms with van der Waals surface area (Å²) in [5, 5.41) is 0. The first kappa shape index (κ1) is 12.2. The van der Waals surface area contributed by atoms with Crippen LogP contribution in [-0.4, -0.2) is 27.5 Å². The van der Waals surface area contributed by atoms with E-state index in [1.165, 1.54) is 37.2 Å². The Morgan fingerprint density at radius 2 is 2.15 bits per heavy atom. The number of hydrogen-bond acceptors (Lipinski definition) is 2. The summed E-state index contributed by atoms with van der Waals surface area (Å²) in [6, 6.07) is 8.86. The Labute approximate surface area is 120 Å². The van der Waals surface area contributed by atoms with Gasteiger partial charge >= 0.3 is 0 Å². The topological polar surface area (TPSA) is 21.1 Å². The van der Waals surface area contributed by atoms with Crippen LogP contribution >= 0.6 is 0 Å². The third-order valence-electron chi connectivity index (χ3n) is 5.23. The van der Waals surface area contributed by atoms with E-state index in [2.05, 4.69) is 41.1 Å². The quantitative estimate of drug-likeness (QED) is 0.848. The molecule has 20 heavy (non-hydrogen) atoms. The highest BCUT2D eigenvalue weighted by Crippen LogP contribution is 2.59. The molecule has 2 fully saturated rings. The van der Waals surface area contributed by atoms with Gasteiger partial charge in [-0.15, -0.1) is 0 Å². The van der Waals surface area contributed by atoms with Crippen molar-refractivity contribution in [2.45, 2.75) is 26.3 Å². The zero-order valence-electron chi connectivity index (χ0n) is 12.0. The lowest BCUT2D eigenvalue weighted by atomic mass is 10.0. The number of rotatable bonds is 4. The number of imidazole rings is 1. The summed E-state index contributed by atoms with van der Waals surface area (Å²) in [4.78, 5) is 6.72. The van der Waals surface area contributed by atoms with Gasteiger partial charge in [-0.25, -0.2) is 4.98 Å². The molecule has 1 saturated heterocycles. The minimum Gasteiger partial charge on any atom is -0.306 e. The molecule has 1 aromatic carbocycles. The molecule has 2 atom stereocenters. The number of hydrogen-bond donors (Lipinski definition) is 0. The summed E-state index contributed by atoms with van der Waals surface area (Å²) in [5.41, 5.74) is 3.29. The standard InChI is InChI=1S/C17H21N3/c1-2-17-9-15(17)11-19(12-17)10-14-3-5-16(6-4-14)20-8-7-18-13-20/h3-8,13,15H,2,9-12H2,1H3. The second-order valence-electron chi connectivity index (χ2n) is 6.42. The molecule has 3 nitrogen and oxygen atoms in total. The predicted molar refractivity (Wildman–Crippen MR) is 79.7 cm³/mol. The summed E-state index contributed by atoms with van der Waals surface area (Å²) in [6.07, 6.45) is 8.46. The van der Waals surface area contributed by atoms with Crippen molar-refractivity contribution in [1.29, 1.82) is 0 Å². The number of fused-ring (bicyclic) bond motifs is 1. The van der Waals surface area contributed by atoms with Crippen LogP contribution < -0.4 is 0 Å². The maximum atomic E-state index is 4.09. The zero-order valence-corrected chi connectivity index (χ0v) is 12.0. The Morgan fingerprint density at radius 3 is 2.80 bits per heavy atom. The maximum absolute atomic E-state index is 4.09. The van der Waals surface area contributed by atoms with Crippen LogP contribution in [0, 0.1) is 11.3 Å². The smallest absolute Gasteiger partial charge is 0.0991 e. The third-order valence-corrected chi connectivity index (χ3v) is 5.23. The fourth-order valence-electron chi connectivity index (χ4n) is 3.81. The molecular formula is C17H21N3.